The van der Waals surface area contributed by atoms with E-state index >= 15 is 0 Å². The van der Waals surface area contributed by atoms with Gasteiger partial charge in [-0.1, -0.05) is 30.3 Å². The lowest BCUT2D eigenvalue weighted by molar-refractivity contribution is 0.474. The van der Waals surface area contributed by atoms with Crippen molar-refractivity contribution in [3.63, 3.8) is 0 Å². The molecule has 1 heterocycles. The molecular formula is C17H20N2O. The maximum absolute atomic E-state index is 9.61. The average molecular weight is 268 g/mol. The summed E-state index contributed by atoms with van der Waals surface area (Å²) < 4.78 is 0. The largest absolute Gasteiger partial charge is 0.508 e. The van der Waals surface area contributed by atoms with Gasteiger partial charge in [0.2, 0.25) is 0 Å². The molecule has 0 amide bonds. The van der Waals surface area contributed by atoms with Crippen molar-refractivity contribution in [2.45, 2.75) is 26.1 Å². The SMILES string of the molecule is CC1CN(Cc2cccc(O)c2)c2ccccc2CN1. The first-order chi connectivity index (χ1) is 9.72. The van der Waals surface area contributed by atoms with Crippen molar-refractivity contribution >= 4 is 5.69 Å². The lowest BCUT2D eigenvalue weighted by Gasteiger charge is -2.26. The van der Waals surface area contributed by atoms with Crippen LogP contribution in [0.1, 0.15) is 18.1 Å². The van der Waals surface area contributed by atoms with Crippen LogP contribution in [0.2, 0.25) is 0 Å². The van der Waals surface area contributed by atoms with Crippen LogP contribution in [0.5, 0.6) is 5.75 Å². The number of rotatable bonds is 2. The Hall–Kier alpha value is -2.00. The van der Waals surface area contributed by atoms with E-state index in [9.17, 15) is 5.11 Å². The van der Waals surface area contributed by atoms with E-state index in [2.05, 4.69) is 47.5 Å². The molecule has 2 aromatic carbocycles. The zero-order chi connectivity index (χ0) is 13.9. The fourth-order valence-electron chi connectivity index (χ4n) is 2.77. The van der Waals surface area contributed by atoms with Crippen LogP contribution in [0.25, 0.3) is 0 Å². The number of hydrogen-bond donors (Lipinski definition) is 2. The second-order valence-electron chi connectivity index (χ2n) is 5.46. The van der Waals surface area contributed by atoms with Gasteiger partial charge in [-0.2, -0.15) is 0 Å². The number of benzene rings is 2. The van der Waals surface area contributed by atoms with Gasteiger partial charge in [0.05, 0.1) is 0 Å². The minimum atomic E-state index is 0.330. The van der Waals surface area contributed by atoms with E-state index in [4.69, 9.17) is 0 Å². The Morgan fingerprint density at radius 1 is 1.20 bits per heavy atom. The third-order valence-corrected chi connectivity index (χ3v) is 3.75. The van der Waals surface area contributed by atoms with Gasteiger partial charge in [-0.15, -0.1) is 0 Å². The van der Waals surface area contributed by atoms with Crippen molar-refractivity contribution in [2.24, 2.45) is 0 Å². The van der Waals surface area contributed by atoms with Crippen molar-refractivity contribution in [1.82, 2.24) is 5.32 Å². The van der Waals surface area contributed by atoms with Crippen molar-refractivity contribution in [2.75, 3.05) is 11.4 Å². The summed E-state index contributed by atoms with van der Waals surface area (Å²) in [5.41, 5.74) is 3.75. The predicted molar refractivity (Wildman–Crippen MR) is 81.9 cm³/mol. The van der Waals surface area contributed by atoms with E-state index in [0.717, 1.165) is 25.2 Å². The molecule has 3 nitrogen and oxygen atoms in total. The number of nitrogens with zero attached hydrogens (tertiary/aromatic N) is 1. The van der Waals surface area contributed by atoms with E-state index in [0.29, 0.717) is 11.8 Å². The van der Waals surface area contributed by atoms with Gasteiger partial charge in [0.25, 0.3) is 0 Å². The first-order valence-corrected chi connectivity index (χ1v) is 7.06. The summed E-state index contributed by atoms with van der Waals surface area (Å²) >= 11 is 0. The summed E-state index contributed by atoms with van der Waals surface area (Å²) in [6, 6.07) is 16.5. The molecular weight excluding hydrogens is 248 g/mol. The second kappa shape index (κ2) is 5.55. The van der Waals surface area contributed by atoms with Crippen LogP contribution in [0.4, 0.5) is 5.69 Å². The van der Waals surface area contributed by atoms with E-state index in [1.165, 1.54) is 11.3 Å². The molecule has 0 aromatic heterocycles. The number of anilines is 1. The number of phenols is 1. The molecule has 20 heavy (non-hydrogen) atoms. The number of hydrogen-bond acceptors (Lipinski definition) is 3. The number of phenolic OH excluding ortho intramolecular Hbond substituents is 1. The number of aromatic hydroxyl groups is 1. The molecule has 3 rings (SSSR count). The second-order valence-corrected chi connectivity index (χ2v) is 5.46. The van der Waals surface area contributed by atoms with Gasteiger partial charge < -0.3 is 15.3 Å². The van der Waals surface area contributed by atoms with Gasteiger partial charge in [0.1, 0.15) is 5.75 Å². The van der Waals surface area contributed by atoms with E-state index < -0.39 is 0 Å². The topological polar surface area (TPSA) is 35.5 Å². The third kappa shape index (κ3) is 2.78. The normalized spacial score (nSPS) is 18.4. The van der Waals surface area contributed by atoms with Crippen LogP contribution in [0.15, 0.2) is 48.5 Å². The highest BCUT2D eigenvalue weighted by atomic mass is 16.3. The van der Waals surface area contributed by atoms with Crippen LogP contribution in [0.3, 0.4) is 0 Å². The number of nitrogens with one attached hydrogen (secondary N) is 1. The van der Waals surface area contributed by atoms with Crippen molar-refractivity contribution in [3.05, 3.63) is 59.7 Å². The standard InChI is InChI=1S/C17H20N2O/c1-13-11-19(12-14-5-4-7-16(20)9-14)17-8-3-2-6-15(17)10-18-13/h2-9,13,18,20H,10-12H2,1H3. The molecule has 0 radical (unpaired) electrons. The van der Waals surface area contributed by atoms with Gasteiger partial charge in [-0.25, -0.2) is 0 Å². The Bertz CT molecular complexity index is 597. The fraction of sp³-hybridized carbons (Fsp3) is 0.294. The summed E-state index contributed by atoms with van der Waals surface area (Å²) in [6.45, 7) is 4.90. The molecule has 104 valence electrons. The quantitative estimate of drug-likeness (QED) is 0.879. The molecule has 0 fully saturated rings. The van der Waals surface area contributed by atoms with Gasteiger partial charge >= 0.3 is 0 Å². The number of para-hydroxylation sites is 1. The van der Waals surface area contributed by atoms with Crippen LogP contribution in [-0.4, -0.2) is 17.7 Å². The maximum Gasteiger partial charge on any atom is 0.115 e. The lowest BCUT2D eigenvalue weighted by Crippen LogP contribution is -2.35. The van der Waals surface area contributed by atoms with E-state index in [-0.39, 0.29) is 0 Å². The molecule has 0 saturated carbocycles. The highest BCUT2D eigenvalue weighted by Crippen LogP contribution is 2.25. The molecule has 0 aliphatic carbocycles. The van der Waals surface area contributed by atoms with Gasteiger partial charge in [0, 0.05) is 31.4 Å². The molecule has 0 spiro atoms. The Kier molecular flexibility index (Phi) is 3.61. The van der Waals surface area contributed by atoms with Crippen molar-refractivity contribution in [1.29, 1.82) is 0 Å². The third-order valence-electron chi connectivity index (χ3n) is 3.75. The first-order valence-electron chi connectivity index (χ1n) is 7.06. The summed E-state index contributed by atoms with van der Waals surface area (Å²) in [7, 11) is 0. The Labute approximate surface area is 119 Å². The molecule has 2 N–H and O–H groups in total. The monoisotopic (exact) mass is 268 g/mol. The Morgan fingerprint density at radius 2 is 2.05 bits per heavy atom. The molecule has 1 unspecified atom stereocenters. The summed E-state index contributed by atoms with van der Waals surface area (Å²) in [4.78, 5) is 2.38. The molecule has 1 atom stereocenters. The molecule has 0 bridgehead atoms. The lowest BCUT2D eigenvalue weighted by atomic mass is 10.1. The molecule has 0 saturated heterocycles. The first kappa shape index (κ1) is 13.0. The number of fused-ring (bicyclic) bond motifs is 1. The molecule has 1 aliphatic rings. The predicted octanol–water partition coefficient (Wildman–Crippen LogP) is 2.89. The zero-order valence-electron chi connectivity index (χ0n) is 11.7. The summed E-state index contributed by atoms with van der Waals surface area (Å²) in [6.07, 6.45) is 0. The smallest absolute Gasteiger partial charge is 0.115 e. The Morgan fingerprint density at radius 3 is 2.90 bits per heavy atom. The molecule has 3 heteroatoms. The fourth-order valence-corrected chi connectivity index (χ4v) is 2.77. The van der Waals surface area contributed by atoms with Crippen molar-refractivity contribution < 1.29 is 5.11 Å². The van der Waals surface area contributed by atoms with Gasteiger partial charge in [-0.05, 0) is 36.2 Å². The van der Waals surface area contributed by atoms with Gasteiger partial charge in [-0.3, -0.25) is 0 Å². The molecule has 2 aromatic rings. The minimum absolute atomic E-state index is 0.330. The van der Waals surface area contributed by atoms with Crippen LogP contribution in [0, 0.1) is 0 Å². The average Bonchev–Trinajstić information content (AvgIpc) is 2.59. The summed E-state index contributed by atoms with van der Waals surface area (Å²) in [5, 5.41) is 13.2. The van der Waals surface area contributed by atoms with Crippen molar-refractivity contribution in [3.8, 4) is 5.75 Å². The maximum atomic E-state index is 9.61. The van der Waals surface area contributed by atoms with E-state index in [1.54, 1.807) is 6.07 Å². The van der Waals surface area contributed by atoms with Gasteiger partial charge in [0.15, 0.2) is 0 Å². The molecule has 1 aliphatic heterocycles. The highest BCUT2D eigenvalue weighted by Gasteiger charge is 2.18. The minimum Gasteiger partial charge on any atom is -0.508 e. The Balaban J connectivity index is 1.90. The highest BCUT2D eigenvalue weighted by molar-refractivity contribution is 5.55. The van der Waals surface area contributed by atoms with Crippen LogP contribution < -0.4 is 10.2 Å². The van der Waals surface area contributed by atoms with Crippen LogP contribution in [-0.2, 0) is 13.1 Å². The van der Waals surface area contributed by atoms with Crippen LogP contribution >= 0.6 is 0 Å². The van der Waals surface area contributed by atoms with E-state index in [1.807, 2.05) is 12.1 Å². The summed E-state index contributed by atoms with van der Waals surface area (Å²) in [5.74, 6) is 0.330. The zero-order valence-corrected chi connectivity index (χ0v) is 11.7.